The van der Waals surface area contributed by atoms with Gasteiger partial charge in [-0.25, -0.2) is 4.79 Å². The number of carbonyl (C=O) groups is 4. The SMILES string of the molecule is CCN(CC)C(=O)N1CCC(NC(=O)CCCN2C(=O)c3ccccc3C2=O)CC1. The monoisotopic (exact) mass is 414 g/mol. The summed E-state index contributed by atoms with van der Waals surface area (Å²) in [7, 11) is 0. The van der Waals surface area contributed by atoms with Gasteiger partial charge in [0.15, 0.2) is 0 Å². The lowest BCUT2D eigenvalue weighted by Crippen LogP contribution is -2.50. The van der Waals surface area contributed by atoms with Crippen LogP contribution in [0.3, 0.4) is 0 Å². The molecule has 1 saturated heterocycles. The van der Waals surface area contributed by atoms with E-state index in [1.54, 1.807) is 29.2 Å². The maximum absolute atomic E-state index is 12.4. The van der Waals surface area contributed by atoms with E-state index in [1.165, 1.54) is 4.90 Å². The molecule has 3 rings (SSSR count). The highest BCUT2D eigenvalue weighted by molar-refractivity contribution is 6.21. The van der Waals surface area contributed by atoms with Gasteiger partial charge in [-0.2, -0.15) is 0 Å². The Labute approximate surface area is 177 Å². The number of nitrogens with zero attached hydrogens (tertiary/aromatic N) is 3. The molecule has 1 aromatic carbocycles. The van der Waals surface area contributed by atoms with Crippen molar-refractivity contribution in [2.24, 2.45) is 0 Å². The quantitative estimate of drug-likeness (QED) is 0.692. The summed E-state index contributed by atoms with van der Waals surface area (Å²) in [4.78, 5) is 54.2. The molecule has 2 aliphatic rings. The van der Waals surface area contributed by atoms with Crippen molar-refractivity contribution < 1.29 is 19.2 Å². The van der Waals surface area contributed by atoms with Crippen LogP contribution in [0, 0.1) is 0 Å². The van der Waals surface area contributed by atoms with Gasteiger partial charge in [0, 0.05) is 45.2 Å². The fourth-order valence-electron chi connectivity index (χ4n) is 4.05. The van der Waals surface area contributed by atoms with Crippen LogP contribution >= 0.6 is 0 Å². The highest BCUT2D eigenvalue weighted by Gasteiger charge is 2.34. The lowest BCUT2D eigenvalue weighted by molar-refractivity contribution is -0.122. The molecule has 0 bridgehead atoms. The van der Waals surface area contributed by atoms with Crippen LogP contribution < -0.4 is 5.32 Å². The molecular formula is C22H30N4O4. The Bertz CT molecular complexity index is 778. The molecule has 2 heterocycles. The predicted molar refractivity (Wildman–Crippen MR) is 112 cm³/mol. The molecule has 8 heteroatoms. The zero-order valence-electron chi connectivity index (χ0n) is 17.7. The Morgan fingerprint density at radius 2 is 1.60 bits per heavy atom. The van der Waals surface area contributed by atoms with Gasteiger partial charge >= 0.3 is 6.03 Å². The third-order valence-electron chi connectivity index (χ3n) is 5.83. The molecule has 0 saturated carbocycles. The normalized spacial score (nSPS) is 16.6. The summed E-state index contributed by atoms with van der Waals surface area (Å²) in [5, 5.41) is 3.02. The van der Waals surface area contributed by atoms with E-state index in [-0.39, 0.29) is 42.8 Å². The van der Waals surface area contributed by atoms with Crippen molar-refractivity contribution in [2.75, 3.05) is 32.7 Å². The van der Waals surface area contributed by atoms with Gasteiger partial charge in [0.25, 0.3) is 11.8 Å². The smallest absolute Gasteiger partial charge is 0.319 e. The molecule has 1 fully saturated rings. The van der Waals surface area contributed by atoms with E-state index in [2.05, 4.69) is 5.32 Å². The molecule has 162 valence electrons. The molecule has 30 heavy (non-hydrogen) atoms. The van der Waals surface area contributed by atoms with Gasteiger partial charge in [-0.15, -0.1) is 0 Å². The zero-order valence-corrected chi connectivity index (χ0v) is 17.7. The van der Waals surface area contributed by atoms with Crippen LogP contribution in [-0.2, 0) is 4.79 Å². The molecule has 0 spiro atoms. The van der Waals surface area contributed by atoms with E-state index in [9.17, 15) is 19.2 Å². The van der Waals surface area contributed by atoms with Gasteiger partial charge in [0.1, 0.15) is 0 Å². The number of carbonyl (C=O) groups excluding carboxylic acids is 4. The van der Waals surface area contributed by atoms with Crippen molar-refractivity contribution in [3.05, 3.63) is 35.4 Å². The van der Waals surface area contributed by atoms with Crippen LogP contribution in [0.25, 0.3) is 0 Å². The minimum absolute atomic E-state index is 0.0533. The van der Waals surface area contributed by atoms with Gasteiger partial charge in [-0.05, 0) is 45.2 Å². The molecule has 0 unspecified atom stereocenters. The highest BCUT2D eigenvalue weighted by Crippen LogP contribution is 2.22. The summed E-state index contributed by atoms with van der Waals surface area (Å²) in [6.07, 6.45) is 2.15. The van der Waals surface area contributed by atoms with Crippen molar-refractivity contribution in [1.82, 2.24) is 20.0 Å². The molecule has 5 amide bonds. The molecule has 8 nitrogen and oxygen atoms in total. The lowest BCUT2D eigenvalue weighted by Gasteiger charge is -2.35. The second-order valence-electron chi connectivity index (χ2n) is 7.69. The average Bonchev–Trinajstić information content (AvgIpc) is 3.00. The lowest BCUT2D eigenvalue weighted by atomic mass is 10.0. The standard InChI is InChI=1S/C22H30N4O4/c1-3-24(4-2)22(30)25-14-11-16(12-15-25)23-19(27)10-7-13-26-20(28)17-8-5-6-9-18(17)21(26)29/h5-6,8-9,16H,3-4,7,10-15H2,1-2H3,(H,23,27). The number of hydrogen-bond donors (Lipinski definition) is 1. The highest BCUT2D eigenvalue weighted by atomic mass is 16.2. The number of urea groups is 1. The van der Waals surface area contributed by atoms with Crippen molar-refractivity contribution in [2.45, 2.75) is 45.6 Å². The first-order valence-corrected chi connectivity index (χ1v) is 10.7. The summed E-state index contributed by atoms with van der Waals surface area (Å²) in [5.74, 6) is -0.664. The van der Waals surface area contributed by atoms with Crippen LogP contribution in [-0.4, -0.2) is 77.2 Å². The third kappa shape index (κ3) is 4.63. The van der Waals surface area contributed by atoms with Gasteiger partial charge in [-0.3, -0.25) is 19.3 Å². The molecule has 0 radical (unpaired) electrons. The number of amides is 5. The maximum Gasteiger partial charge on any atom is 0.319 e. The molecule has 0 atom stereocenters. The summed E-state index contributed by atoms with van der Waals surface area (Å²) in [6.45, 7) is 6.83. The number of imide groups is 1. The van der Waals surface area contributed by atoms with Crippen LogP contribution in [0.2, 0.25) is 0 Å². The summed E-state index contributed by atoms with van der Waals surface area (Å²) in [6, 6.07) is 6.89. The van der Waals surface area contributed by atoms with Crippen molar-refractivity contribution in [1.29, 1.82) is 0 Å². The molecule has 1 N–H and O–H groups in total. The minimum atomic E-state index is -0.291. The first-order valence-electron chi connectivity index (χ1n) is 10.7. The van der Waals surface area contributed by atoms with Crippen LogP contribution in [0.1, 0.15) is 60.2 Å². The summed E-state index contributed by atoms with van der Waals surface area (Å²) < 4.78 is 0. The second-order valence-corrected chi connectivity index (χ2v) is 7.69. The van der Waals surface area contributed by atoms with Crippen molar-refractivity contribution in [3.8, 4) is 0 Å². The van der Waals surface area contributed by atoms with E-state index in [4.69, 9.17) is 0 Å². The molecule has 2 aliphatic heterocycles. The predicted octanol–water partition coefficient (Wildman–Crippen LogP) is 2.11. The number of likely N-dealkylation sites (tertiary alicyclic amines) is 1. The third-order valence-corrected chi connectivity index (χ3v) is 5.83. The Kier molecular flexibility index (Phi) is 7.07. The first-order chi connectivity index (χ1) is 14.5. The van der Waals surface area contributed by atoms with Gasteiger partial charge in [-0.1, -0.05) is 12.1 Å². The number of fused-ring (bicyclic) bond motifs is 1. The van der Waals surface area contributed by atoms with Crippen LogP contribution in [0.4, 0.5) is 4.79 Å². The van der Waals surface area contributed by atoms with Gasteiger partial charge < -0.3 is 15.1 Å². The Hall–Kier alpha value is -2.90. The second kappa shape index (κ2) is 9.73. The topological polar surface area (TPSA) is 90.0 Å². The fraction of sp³-hybridized carbons (Fsp3) is 0.545. The Balaban J connectivity index is 1.39. The Morgan fingerprint density at radius 1 is 1.03 bits per heavy atom. The molecular weight excluding hydrogens is 384 g/mol. The number of rotatable bonds is 7. The Morgan fingerprint density at radius 3 is 2.13 bits per heavy atom. The number of piperidine rings is 1. The summed E-state index contributed by atoms with van der Waals surface area (Å²) in [5.41, 5.74) is 0.857. The van der Waals surface area contributed by atoms with E-state index >= 15 is 0 Å². The molecule has 0 aliphatic carbocycles. The van der Waals surface area contributed by atoms with Crippen molar-refractivity contribution >= 4 is 23.8 Å². The first kappa shape index (κ1) is 21.8. The van der Waals surface area contributed by atoms with E-state index in [1.807, 2.05) is 18.7 Å². The van der Waals surface area contributed by atoms with E-state index in [0.29, 0.717) is 43.7 Å². The van der Waals surface area contributed by atoms with E-state index in [0.717, 1.165) is 12.8 Å². The maximum atomic E-state index is 12.4. The largest absolute Gasteiger partial charge is 0.353 e. The zero-order chi connectivity index (χ0) is 21.7. The van der Waals surface area contributed by atoms with Gasteiger partial charge in [0.05, 0.1) is 11.1 Å². The van der Waals surface area contributed by atoms with Crippen LogP contribution in [0.15, 0.2) is 24.3 Å². The fourth-order valence-corrected chi connectivity index (χ4v) is 4.05. The average molecular weight is 415 g/mol. The molecule has 1 aromatic rings. The number of benzene rings is 1. The number of nitrogens with one attached hydrogen (secondary N) is 1. The molecule has 0 aromatic heterocycles. The van der Waals surface area contributed by atoms with Crippen molar-refractivity contribution in [3.63, 3.8) is 0 Å². The minimum Gasteiger partial charge on any atom is -0.353 e. The van der Waals surface area contributed by atoms with E-state index < -0.39 is 0 Å². The van der Waals surface area contributed by atoms with Gasteiger partial charge in [0.2, 0.25) is 5.91 Å². The van der Waals surface area contributed by atoms with Crippen LogP contribution in [0.5, 0.6) is 0 Å². The summed E-state index contributed by atoms with van der Waals surface area (Å²) >= 11 is 0. The number of hydrogen-bond acceptors (Lipinski definition) is 4.